The fourth-order valence-electron chi connectivity index (χ4n) is 4.45. The van der Waals surface area contributed by atoms with E-state index in [4.69, 9.17) is 0 Å². The molecule has 1 unspecified atom stereocenters. The van der Waals surface area contributed by atoms with Crippen molar-refractivity contribution in [1.29, 1.82) is 5.26 Å². The van der Waals surface area contributed by atoms with Crippen molar-refractivity contribution < 1.29 is 9.90 Å². The van der Waals surface area contributed by atoms with Gasteiger partial charge in [0.15, 0.2) is 5.65 Å². The second-order valence-corrected chi connectivity index (χ2v) is 9.10. The van der Waals surface area contributed by atoms with Gasteiger partial charge in [-0.05, 0) is 39.0 Å². The molecular weight excluding hydrogens is 446 g/mol. The third kappa shape index (κ3) is 3.98. The minimum atomic E-state index is -1.42. The largest absolute Gasteiger partial charge is 0.381 e. The monoisotopic (exact) mass is 471 g/mol. The topological polar surface area (TPSA) is 129 Å². The van der Waals surface area contributed by atoms with Gasteiger partial charge in [0, 0.05) is 50.5 Å². The SMILES string of the molecule is CC1CN(c2ncnc3c2c(-n2cccn2)cn3-c2cc(C#N)ccn2)CCN1C(=O)C(C)(C)O. The van der Waals surface area contributed by atoms with Crippen molar-refractivity contribution in [2.45, 2.75) is 32.4 Å². The molecule has 1 saturated heterocycles. The molecule has 1 N–H and O–H groups in total. The van der Waals surface area contributed by atoms with Gasteiger partial charge in [-0.3, -0.25) is 9.36 Å². The molecule has 0 bridgehead atoms. The molecule has 0 radical (unpaired) electrons. The predicted octanol–water partition coefficient (Wildman–Crippen LogP) is 1.68. The zero-order valence-electron chi connectivity index (χ0n) is 19.7. The lowest BCUT2D eigenvalue weighted by Crippen LogP contribution is -2.58. The van der Waals surface area contributed by atoms with Crippen molar-refractivity contribution in [1.82, 2.24) is 34.2 Å². The van der Waals surface area contributed by atoms with E-state index in [9.17, 15) is 15.2 Å². The summed E-state index contributed by atoms with van der Waals surface area (Å²) in [7, 11) is 0. The van der Waals surface area contributed by atoms with Crippen LogP contribution in [0.2, 0.25) is 0 Å². The van der Waals surface area contributed by atoms with Gasteiger partial charge in [0.25, 0.3) is 5.91 Å². The van der Waals surface area contributed by atoms with Crippen molar-refractivity contribution >= 4 is 22.8 Å². The standard InChI is InChI=1S/C24H25N9O2/c1-16-13-30(9-10-31(16)23(34)24(2,3)35)21-20-18(33-8-4-6-29-33)14-32(22(20)28-15-27-21)19-11-17(12-25)5-7-26-19/h4-8,11,14-16,35H,9-10,13H2,1-3H3. The van der Waals surface area contributed by atoms with E-state index >= 15 is 0 Å². The molecule has 4 aromatic heterocycles. The third-order valence-electron chi connectivity index (χ3n) is 6.13. The van der Waals surface area contributed by atoms with Crippen molar-refractivity contribution in [3.05, 3.63) is 54.9 Å². The number of nitrogens with zero attached hydrogens (tertiary/aromatic N) is 9. The van der Waals surface area contributed by atoms with E-state index in [1.54, 1.807) is 34.1 Å². The molecule has 0 aliphatic carbocycles. The Morgan fingerprint density at radius 2 is 2.06 bits per heavy atom. The van der Waals surface area contributed by atoms with Gasteiger partial charge in [0.2, 0.25) is 0 Å². The Hall–Kier alpha value is -4.30. The smallest absolute Gasteiger partial charge is 0.254 e. The van der Waals surface area contributed by atoms with Crippen LogP contribution in [0.25, 0.3) is 22.5 Å². The molecule has 1 aliphatic heterocycles. The molecule has 1 aliphatic rings. The number of fused-ring (bicyclic) bond motifs is 1. The van der Waals surface area contributed by atoms with Crippen LogP contribution in [0.5, 0.6) is 0 Å². The number of pyridine rings is 1. The zero-order chi connectivity index (χ0) is 24.7. The van der Waals surface area contributed by atoms with Crippen LogP contribution >= 0.6 is 0 Å². The van der Waals surface area contributed by atoms with Gasteiger partial charge >= 0.3 is 0 Å². The summed E-state index contributed by atoms with van der Waals surface area (Å²) in [6.45, 7) is 6.53. The summed E-state index contributed by atoms with van der Waals surface area (Å²) >= 11 is 0. The molecule has 4 aromatic rings. The Labute approximate surface area is 201 Å². The Kier molecular flexibility index (Phi) is 5.45. The Morgan fingerprint density at radius 1 is 1.23 bits per heavy atom. The number of carbonyl (C=O) groups excluding carboxylic acids is 1. The molecule has 1 amide bonds. The molecule has 0 saturated carbocycles. The fourth-order valence-corrected chi connectivity index (χ4v) is 4.45. The van der Waals surface area contributed by atoms with E-state index in [0.29, 0.717) is 36.7 Å². The summed E-state index contributed by atoms with van der Waals surface area (Å²) in [5, 5.41) is 24.8. The number of nitriles is 1. The number of aromatic nitrogens is 6. The van der Waals surface area contributed by atoms with Gasteiger partial charge in [0.05, 0.1) is 22.7 Å². The van der Waals surface area contributed by atoms with E-state index in [1.807, 2.05) is 30.0 Å². The van der Waals surface area contributed by atoms with Crippen molar-refractivity contribution in [2.24, 2.45) is 0 Å². The summed E-state index contributed by atoms with van der Waals surface area (Å²) in [6.07, 6.45) is 8.53. The summed E-state index contributed by atoms with van der Waals surface area (Å²) < 4.78 is 3.58. The van der Waals surface area contributed by atoms with Gasteiger partial charge in [-0.25, -0.2) is 19.6 Å². The van der Waals surface area contributed by atoms with Crippen LogP contribution in [-0.2, 0) is 4.79 Å². The Bertz CT molecular complexity index is 1430. The minimum absolute atomic E-state index is 0.128. The number of aliphatic hydroxyl groups is 1. The maximum absolute atomic E-state index is 12.7. The minimum Gasteiger partial charge on any atom is -0.381 e. The first kappa shape index (κ1) is 22.5. The fraction of sp³-hybridized carbons (Fsp3) is 0.333. The average Bonchev–Trinajstić information content (AvgIpc) is 3.51. The van der Waals surface area contributed by atoms with E-state index in [0.717, 1.165) is 16.9 Å². The zero-order valence-corrected chi connectivity index (χ0v) is 19.7. The quantitative estimate of drug-likeness (QED) is 0.476. The van der Waals surface area contributed by atoms with Crippen LogP contribution in [0.15, 0.2) is 49.3 Å². The average molecular weight is 472 g/mol. The van der Waals surface area contributed by atoms with Crippen LogP contribution in [0.3, 0.4) is 0 Å². The lowest BCUT2D eigenvalue weighted by molar-refractivity contribution is -0.150. The highest BCUT2D eigenvalue weighted by molar-refractivity contribution is 5.96. The van der Waals surface area contributed by atoms with E-state index in [1.165, 1.54) is 20.2 Å². The molecule has 0 aromatic carbocycles. The molecule has 11 nitrogen and oxygen atoms in total. The van der Waals surface area contributed by atoms with Gasteiger partial charge in [-0.2, -0.15) is 10.4 Å². The maximum Gasteiger partial charge on any atom is 0.254 e. The molecule has 0 spiro atoms. The van der Waals surface area contributed by atoms with Crippen LogP contribution in [0, 0.1) is 11.3 Å². The molecule has 1 atom stereocenters. The number of carbonyl (C=O) groups is 1. The lowest BCUT2D eigenvalue weighted by atomic mass is 10.1. The summed E-state index contributed by atoms with van der Waals surface area (Å²) in [6, 6.07) is 7.22. The molecule has 5 rings (SSSR count). The molecule has 178 valence electrons. The second kappa shape index (κ2) is 8.48. The molecular formula is C24H25N9O2. The number of anilines is 1. The van der Waals surface area contributed by atoms with Crippen LogP contribution < -0.4 is 4.90 Å². The molecule has 1 fully saturated rings. The highest BCUT2D eigenvalue weighted by Gasteiger charge is 2.36. The summed E-state index contributed by atoms with van der Waals surface area (Å²) in [4.78, 5) is 30.2. The highest BCUT2D eigenvalue weighted by atomic mass is 16.3. The summed E-state index contributed by atoms with van der Waals surface area (Å²) in [5.74, 6) is 0.994. The number of rotatable bonds is 4. The van der Waals surface area contributed by atoms with Crippen molar-refractivity contribution in [3.8, 4) is 17.6 Å². The number of hydrogen-bond acceptors (Lipinski definition) is 8. The van der Waals surface area contributed by atoms with Crippen LogP contribution in [-0.4, -0.2) is 76.5 Å². The normalized spacial score (nSPS) is 16.5. The molecule has 35 heavy (non-hydrogen) atoms. The van der Waals surface area contributed by atoms with Gasteiger partial charge in [-0.1, -0.05) is 0 Å². The van der Waals surface area contributed by atoms with Crippen LogP contribution in [0.4, 0.5) is 5.82 Å². The Balaban J connectivity index is 1.61. The van der Waals surface area contributed by atoms with E-state index < -0.39 is 5.60 Å². The number of hydrogen-bond donors (Lipinski definition) is 1. The van der Waals surface area contributed by atoms with Gasteiger partial charge in [0.1, 0.15) is 23.6 Å². The Morgan fingerprint density at radius 3 is 2.74 bits per heavy atom. The molecule has 11 heteroatoms. The number of amides is 1. The van der Waals surface area contributed by atoms with Gasteiger partial charge < -0.3 is 14.9 Å². The van der Waals surface area contributed by atoms with Crippen LogP contribution in [0.1, 0.15) is 26.3 Å². The molecule has 5 heterocycles. The third-order valence-corrected chi connectivity index (χ3v) is 6.13. The predicted molar refractivity (Wildman–Crippen MR) is 128 cm³/mol. The van der Waals surface area contributed by atoms with Crippen molar-refractivity contribution in [2.75, 3.05) is 24.5 Å². The second-order valence-electron chi connectivity index (χ2n) is 9.10. The maximum atomic E-state index is 12.7. The van der Waals surface area contributed by atoms with Crippen molar-refractivity contribution in [3.63, 3.8) is 0 Å². The van der Waals surface area contributed by atoms with E-state index in [-0.39, 0.29) is 11.9 Å². The number of piperazine rings is 1. The highest BCUT2D eigenvalue weighted by Crippen LogP contribution is 2.33. The van der Waals surface area contributed by atoms with Gasteiger partial charge in [-0.15, -0.1) is 0 Å². The first-order valence-corrected chi connectivity index (χ1v) is 11.3. The van der Waals surface area contributed by atoms with E-state index in [2.05, 4.69) is 31.0 Å². The first-order valence-electron chi connectivity index (χ1n) is 11.3. The first-order chi connectivity index (χ1) is 16.8. The summed E-state index contributed by atoms with van der Waals surface area (Å²) in [5.41, 5.74) is 0.472. The lowest BCUT2D eigenvalue weighted by Gasteiger charge is -2.42.